The molecule has 1 aliphatic carbocycles. The Morgan fingerprint density at radius 2 is 1.64 bits per heavy atom. The van der Waals surface area contributed by atoms with Crippen molar-refractivity contribution in [1.82, 2.24) is 4.57 Å². The number of ether oxygens (including phenoxy) is 1. The summed E-state index contributed by atoms with van der Waals surface area (Å²) in [4.78, 5) is 5.08. The molecule has 1 heterocycles. The number of fused-ring (bicyclic) bond motifs is 3. The van der Waals surface area contributed by atoms with Gasteiger partial charge in [-0.25, -0.2) is 5.01 Å². The van der Waals surface area contributed by atoms with Crippen molar-refractivity contribution >= 4 is 45.6 Å². The zero-order valence-electron chi connectivity index (χ0n) is 32.0. The average Bonchev–Trinajstić information content (AvgIpc) is 3.53. The first kappa shape index (κ1) is 37.4. The third-order valence-electron chi connectivity index (χ3n) is 10.6. The smallest absolute Gasteiger partial charge is 0.130 e. The van der Waals surface area contributed by atoms with E-state index in [4.69, 9.17) is 20.6 Å². The minimum atomic E-state index is -0.727. The standard InChI is InChI=1S/C48H51N5O2/c1-4-52-46-22-14-12-20-43(46)44-28-37(23-26-47(44)52)31-50-35(3)39(27-36-16-7-5-8-17-36)29-42(54)33-55-48-30-40(49)25-24-38(48)32-51-53(41-18-9-6-10-19-41)45-21-13-11-15-34(45)2/h5-14,16-26,28,30-32,34-35,39,42,54H,4,15,27,29,33,49H2,1-3H3/b50-31?,51-32+/t34?,35-,39-,42?/m0/s1. The van der Waals surface area contributed by atoms with E-state index in [1.807, 2.05) is 53.8 Å². The monoisotopic (exact) mass is 729 g/mol. The molecule has 0 radical (unpaired) electrons. The maximum absolute atomic E-state index is 11.5. The maximum Gasteiger partial charge on any atom is 0.130 e. The third-order valence-corrected chi connectivity index (χ3v) is 10.6. The highest BCUT2D eigenvalue weighted by Gasteiger charge is 2.23. The lowest BCUT2D eigenvalue weighted by Crippen LogP contribution is -2.28. The number of aliphatic imine (C=N–C) groups is 1. The Hall–Kier alpha value is -5.92. The summed E-state index contributed by atoms with van der Waals surface area (Å²) in [6, 6.07) is 41.3. The third kappa shape index (κ3) is 8.90. The quantitative estimate of drug-likeness (QED) is 0.0626. The first-order chi connectivity index (χ1) is 26.9. The molecule has 0 amide bonds. The van der Waals surface area contributed by atoms with Crippen LogP contribution in [0.25, 0.3) is 21.8 Å². The van der Waals surface area contributed by atoms with E-state index in [0.29, 0.717) is 23.8 Å². The van der Waals surface area contributed by atoms with E-state index in [1.54, 1.807) is 6.07 Å². The Morgan fingerprint density at radius 3 is 2.42 bits per heavy atom. The zero-order chi connectivity index (χ0) is 38.1. The van der Waals surface area contributed by atoms with Crippen molar-refractivity contribution in [3.63, 3.8) is 0 Å². The minimum absolute atomic E-state index is 0.0482. The van der Waals surface area contributed by atoms with Gasteiger partial charge >= 0.3 is 0 Å². The van der Waals surface area contributed by atoms with Gasteiger partial charge in [-0.1, -0.05) is 91.9 Å². The van der Waals surface area contributed by atoms with Gasteiger partial charge in [0.15, 0.2) is 0 Å². The summed E-state index contributed by atoms with van der Waals surface area (Å²) in [6.45, 7) is 7.56. The zero-order valence-corrected chi connectivity index (χ0v) is 32.0. The normalized spacial score (nSPS) is 16.1. The van der Waals surface area contributed by atoms with Crippen molar-refractivity contribution in [3.8, 4) is 5.75 Å². The Labute approximate surface area is 324 Å². The maximum atomic E-state index is 11.5. The number of para-hydroxylation sites is 2. The molecule has 7 heteroatoms. The van der Waals surface area contributed by atoms with Gasteiger partial charge in [0.2, 0.25) is 0 Å². The number of aliphatic hydroxyl groups is 1. The number of allylic oxidation sites excluding steroid dienone is 4. The largest absolute Gasteiger partial charge is 0.490 e. The predicted octanol–water partition coefficient (Wildman–Crippen LogP) is 10.2. The van der Waals surface area contributed by atoms with Crippen molar-refractivity contribution in [2.75, 3.05) is 17.3 Å². The van der Waals surface area contributed by atoms with E-state index < -0.39 is 6.10 Å². The lowest BCUT2D eigenvalue weighted by atomic mass is 9.88. The molecule has 0 bridgehead atoms. The molecule has 7 rings (SSSR count). The first-order valence-electron chi connectivity index (χ1n) is 19.4. The lowest BCUT2D eigenvalue weighted by molar-refractivity contribution is 0.0815. The number of hydrogen-bond donors (Lipinski definition) is 2. The van der Waals surface area contributed by atoms with Crippen molar-refractivity contribution in [2.24, 2.45) is 21.9 Å². The Morgan fingerprint density at radius 1 is 0.891 bits per heavy atom. The fourth-order valence-electron chi connectivity index (χ4n) is 7.56. The molecule has 0 saturated heterocycles. The molecule has 0 fully saturated rings. The van der Waals surface area contributed by atoms with Crippen LogP contribution in [0.4, 0.5) is 11.4 Å². The summed E-state index contributed by atoms with van der Waals surface area (Å²) in [7, 11) is 0. The molecule has 0 spiro atoms. The second kappa shape index (κ2) is 17.5. The number of nitrogens with two attached hydrogens (primary N) is 1. The number of hydrazone groups is 1. The fraction of sp³-hybridized carbons (Fsp3) is 0.250. The number of rotatable bonds is 15. The van der Waals surface area contributed by atoms with Gasteiger partial charge in [0.05, 0.1) is 24.0 Å². The molecule has 2 unspecified atom stereocenters. The van der Waals surface area contributed by atoms with E-state index in [0.717, 1.165) is 41.9 Å². The molecule has 3 N–H and O–H groups in total. The van der Waals surface area contributed by atoms with Crippen LogP contribution in [0.5, 0.6) is 5.75 Å². The topological polar surface area (TPSA) is 88.4 Å². The second-order valence-corrected chi connectivity index (χ2v) is 14.6. The Balaban J connectivity index is 1.08. The van der Waals surface area contributed by atoms with Crippen molar-refractivity contribution in [1.29, 1.82) is 0 Å². The molecule has 0 saturated carbocycles. The van der Waals surface area contributed by atoms with Gasteiger partial charge in [-0.3, -0.25) is 4.99 Å². The van der Waals surface area contributed by atoms with Gasteiger partial charge in [-0.15, -0.1) is 0 Å². The highest BCUT2D eigenvalue weighted by atomic mass is 16.5. The number of aliphatic hydroxyl groups excluding tert-OH is 1. The summed E-state index contributed by atoms with van der Waals surface area (Å²) in [5.74, 6) is 0.962. The molecule has 0 aliphatic heterocycles. The van der Waals surface area contributed by atoms with Gasteiger partial charge in [-0.2, -0.15) is 5.10 Å². The minimum Gasteiger partial charge on any atom is -0.490 e. The summed E-state index contributed by atoms with van der Waals surface area (Å²) in [6.07, 6.45) is 11.7. The van der Waals surface area contributed by atoms with E-state index in [2.05, 4.69) is 122 Å². The van der Waals surface area contributed by atoms with E-state index >= 15 is 0 Å². The Kier molecular flexibility index (Phi) is 11.9. The summed E-state index contributed by atoms with van der Waals surface area (Å²) in [5, 5.41) is 20.9. The van der Waals surface area contributed by atoms with Crippen LogP contribution in [0.1, 0.15) is 50.3 Å². The summed E-state index contributed by atoms with van der Waals surface area (Å²) < 4.78 is 8.69. The molecule has 5 aromatic carbocycles. The molecule has 55 heavy (non-hydrogen) atoms. The van der Waals surface area contributed by atoms with Crippen LogP contribution < -0.4 is 15.5 Å². The van der Waals surface area contributed by atoms with E-state index in [9.17, 15) is 5.11 Å². The lowest BCUT2D eigenvalue weighted by Gasteiger charge is -2.28. The number of nitrogens with zero attached hydrogens (tertiary/aromatic N) is 4. The van der Waals surface area contributed by atoms with Crippen LogP contribution >= 0.6 is 0 Å². The second-order valence-electron chi connectivity index (χ2n) is 14.6. The summed E-state index contributed by atoms with van der Waals surface area (Å²) >= 11 is 0. The van der Waals surface area contributed by atoms with Crippen LogP contribution in [0.15, 0.2) is 155 Å². The van der Waals surface area contributed by atoms with Crippen molar-refractivity contribution in [3.05, 3.63) is 162 Å². The number of aryl methyl sites for hydroxylation is 1. The van der Waals surface area contributed by atoms with Gasteiger partial charge < -0.3 is 20.1 Å². The Bertz CT molecular complexity index is 2330. The molecule has 1 aromatic heterocycles. The van der Waals surface area contributed by atoms with E-state index in [-0.39, 0.29) is 18.6 Å². The van der Waals surface area contributed by atoms with Gasteiger partial charge in [0.25, 0.3) is 0 Å². The van der Waals surface area contributed by atoms with Crippen LogP contribution in [0.2, 0.25) is 0 Å². The van der Waals surface area contributed by atoms with E-state index in [1.165, 1.54) is 27.4 Å². The number of nitrogen functional groups attached to an aromatic ring is 1. The number of benzene rings is 5. The average molecular weight is 730 g/mol. The van der Waals surface area contributed by atoms with Gasteiger partial charge in [0.1, 0.15) is 12.4 Å². The van der Waals surface area contributed by atoms with Crippen LogP contribution in [0.3, 0.4) is 0 Å². The number of anilines is 2. The SMILES string of the molecule is CCn1c2ccccc2c2cc(C=N[C@@H](C)[C@@H](Cc3ccccc3)CC(O)COc3cc(N)ccc3/C=N/N(C3=CC=CCC3C)c3ccccc3)ccc21. The summed E-state index contributed by atoms with van der Waals surface area (Å²) in [5.41, 5.74) is 14.4. The van der Waals surface area contributed by atoms with Crippen molar-refractivity contribution in [2.45, 2.75) is 58.7 Å². The number of aromatic nitrogens is 1. The van der Waals surface area contributed by atoms with Gasteiger partial charge in [-0.05, 0) is 98.7 Å². The highest BCUT2D eigenvalue weighted by molar-refractivity contribution is 6.09. The van der Waals surface area contributed by atoms with Crippen molar-refractivity contribution < 1.29 is 9.84 Å². The predicted molar refractivity (Wildman–Crippen MR) is 230 cm³/mol. The van der Waals surface area contributed by atoms with Crippen LogP contribution in [-0.4, -0.2) is 40.9 Å². The fourth-order valence-corrected chi connectivity index (χ4v) is 7.56. The molecular formula is C48H51N5O2. The molecule has 280 valence electrons. The first-order valence-corrected chi connectivity index (χ1v) is 19.4. The molecule has 1 aliphatic rings. The van der Waals surface area contributed by atoms with Crippen LogP contribution in [-0.2, 0) is 13.0 Å². The molecular weight excluding hydrogens is 679 g/mol. The highest BCUT2D eigenvalue weighted by Crippen LogP contribution is 2.31. The molecule has 6 aromatic rings. The van der Waals surface area contributed by atoms with Gasteiger partial charge in [0, 0.05) is 63.5 Å². The molecule has 7 nitrogen and oxygen atoms in total. The van der Waals surface area contributed by atoms with Crippen LogP contribution in [0, 0.1) is 11.8 Å². The molecule has 4 atom stereocenters. The number of hydrogen-bond acceptors (Lipinski definition) is 6.